The van der Waals surface area contributed by atoms with Crippen LogP contribution in [0.1, 0.15) is 23.7 Å². The average molecular weight is 477 g/mol. The molecular formula is C22H22F3N5O4. The predicted octanol–water partition coefficient (Wildman–Crippen LogP) is 4.61. The molecule has 2 N–H and O–H groups in total. The number of amides is 1. The van der Waals surface area contributed by atoms with E-state index in [9.17, 15) is 18.0 Å². The van der Waals surface area contributed by atoms with Crippen LogP contribution < -0.4 is 15.4 Å². The van der Waals surface area contributed by atoms with E-state index in [0.29, 0.717) is 42.2 Å². The van der Waals surface area contributed by atoms with Gasteiger partial charge in [0.1, 0.15) is 11.3 Å². The van der Waals surface area contributed by atoms with E-state index in [4.69, 9.17) is 9.15 Å². The number of benzene rings is 2. The Kier molecular flexibility index (Phi) is 6.59. The minimum absolute atomic E-state index is 0.0362. The summed E-state index contributed by atoms with van der Waals surface area (Å²) in [5.74, 6) is -0.235. The van der Waals surface area contributed by atoms with Gasteiger partial charge in [-0.15, -0.1) is 13.2 Å². The molecule has 0 saturated carbocycles. The van der Waals surface area contributed by atoms with Gasteiger partial charge in [0.15, 0.2) is 5.58 Å². The summed E-state index contributed by atoms with van der Waals surface area (Å²) >= 11 is 0. The van der Waals surface area contributed by atoms with Gasteiger partial charge in [-0.25, -0.2) is 4.98 Å². The van der Waals surface area contributed by atoms with Gasteiger partial charge in [0.2, 0.25) is 5.95 Å². The van der Waals surface area contributed by atoms with Gasteiger partial charge in [-0.05, 0) is 36.8 Å². The van der Waals surface area contributed by atoms with Crippen LogP contribution in [0.25, 0.3) is 22.1 Å². The molecule has 0 unspecified atom stereocenters. The Bertz CT molecular complexity index is 1320. The van der Waals surface area contributed by atoms with Gasteiger partial charge in [0.25, 0.3) is 5.91 Å². The molecule has 0 aliphatic rings. The first-order valence-corrected chi connectivity index (χ1v) is 10.5. The summed E-state index contributed by atoms with van der Waals surface area (Å²) in [5, 5.41) is 5.79. The second kappa shape index (κ2) is 9.59. The lowest BCUT2D eigenvalue weighted by Gasteiger charge is -2.08. The molecule has 2 heterocycles. The Balaban J connectivity index is 1.65. The molecule has 4 aromatic rings. The van der Waals surface area contributed by atoms with Gasteiger partial charge in [0, 0.05) is 31.8 Å². The highest BCUT2D eigenvalue weighted by atomic mass is 19.4. The van der Waals surface area contributed by atoms with Crippen LogP contribution in [0.4, 0.5) is 25.1 Å². The molecule has 2 aromatic heterocycles. The number of fused-ring (bicyclic) bond motifs is 2. The molecule has 0 spiro atoms. The van der Waals surface area contributed by atoms with Crippen LogP contribution in [0.3, 0.4) is 0 Å². The molecule has 4 rings (SSSR count). The number of oxazole rings is 1. The van der Waals surface area contributed by atoms with E-state index in [1.807, 2.05) is 11.5 Å². The molecule has 0 saturated heterocycles. The van der Waals surface area contributed by atoms with Crippen LogP contribution >= 0.6 is 0 Å². The lowest BCUT2D eigenvalue weighted by atomic mass is 10.2. The van der Waals surface area contributed by atoms with Gasteiger partial charge >= 0.3 is 12.4 Å². The number of nitrogens with one attached hydrogen (secondary N) is 2. The van der Waals surface area contributed by atoms with Crippen molar-refractivity contribution in [1.29, 1.82) is 0 Å². The van der Waals surface area contributed by atoms with E-state index in [1.165, 1.54) is 6.07 Å². The second-order valence-electron chi connectivity index (χ2n) is 7.36. The number of imidazole rings is 1. The number of hydrogen-bond acceptors (Lipinski definition) is 7. The fourth-order valence-electron chi connectivity index (χ4n) is 3.37. The number of ether oxygens (including phenoxy) is 2. The highest BCUT2D eigenvalue weighted by Gasteiger charge is 2.31. The van der Waals surface area contributed by atoms with Crippen LogP contribution in [-0.4, -0.2) is 47.1 Å². The summed E-state index contributed by atoms with van der Waals surface area (Å²) in [5.41, 5.74) is 2.25. The number of aromatic nitrogens is 3. The normalized spacial score (nSPS) is 11.8. The van der Waals surface area contributed by atoms with Gasteiger partial charge < -0.3 is 23.8 Å². The van der Waals surface area contributed by atoms with Crippen molar-refractivity contribution in [3.05, 3.63) is 42.0 Å². The monoisotopic (exact) mass is 477 g/mol. The van der Waals surface area contributed by atoms with Crippen molar-refractivity contribution in [3.8, 4) is 5.75 Å². The molecule has 0 radical (unpaired) electrons. The minimum atomic E-state index is -4.81. The molecule has 9 nitrogen and oxygen atoms in total. The van der Waals surface area contributed by atoms with Gasteiger partial charge in [-0.3, -0.25) is 10.1 Å². The summed E-state index contributed by atoms with van der Waals surface area (Å²) in [7, 11) is 1.57. The number of carbonyl (C=O) groups is 1. The highest BCUT2D eigenvalue weighted by molar-refractivity contribution is 5.97. The zero-order chi connectivity index (χ0) is 24.3. The fourth-order valence-corrected chi connectivity index (χ4v) is 3.37. The summed E-state index contributed by atoms with van der Waals surface area (Å²) in [4.78, 5) is 21.1. The zero-order valence-electron chi connectivity index (χ0n) is 18.4. The van der Waals surface area contributed by atoms with Crippen LogP contribution in [0.15, 0.2) is 40.8 Å². The third-order valence-electron chi connectivity index (χ3n) is 4.88. The van der Waals surface area contributed by atoms with E-state index in [0.717, 1.165) is 24.1 Å². The Labute approximate surface area is 191 Å². The number of alkyl halides is 3. The minimum Gasteiger partial charge on any atom is -0.423 e. The summed E-state index contributed by atoms with van der Waals surface area (Å²) in [6.07, 6.45) is -3.99. The topological polar surface area (TPSA) is 103 Å². The largest absolute Gasteiger partial charge is 0.573 e. The molecule has 12 heteroatoms. The SMILES string of the molecule is CCCNC(=O)c1ccc2c(c1)nc(Nc1nc3ccc(OC(F)(F)F)cc3o1)n2CCOC. The number of anilines is 2. The average Bonchev–Trinajstić information content (AvgIpc) is 3.34. The van der Waals surface area contributed by atoms with E-state index in [1.54, 1.807) is 25.3 Å². The predicted molar refractivity (Wildman–Crippen MR) is 118 cm³/mol. The van der Waals surface area contributed by atoms with E-state index in [2.05, 4.69) is 25.3 Å². The highest BCUT2D eigenvalue weighted by Crippen LogP contribution is 2.30. The van der Waals surface area contributed by atoms with E-state index in [-0.39, 0.29) is 17.5 Å². The van der Waals surface area contributed by atoms with Crippen molar-refractivity contribution in [3.63, 3.8) is 0 Å². The molecule has 0 bridgehead atoms. The number of nitrogens with zero attached hydrogens (tertiary/aromatic N) is 3. The van der Waals surface area contributed by atoms with E-state index >= 15 is 0 Å². The number of methoxy groups -OCH3 is 1. The molecule has 180 valence electrons. The third-order valence-corrected chi connectivity index (χ3v) is 4.88. The first-order valence-electron chi connectivity index (χ1n) is 10.5. The number of hydrogen-bond donors (Lipinski definition) is 2. The first kappa shape index (κ1) is 23.4. The second-order valence-corrected chi connectivity index (χ2v) is 7.36. The maximum Gasteiger partial charge on any atom is 0.573 e. The summed E-state index contributed by atoms with van der Waals surface area (Å²) in [6, 6.07) is 8.84. The quantitative estimate of drug-likeness (QED) is 0.363. The maximum absolute atomic E-state index is 12.5. The van der Waals surface area contributed by atoms with Crippen molar-refractivity contribution >= 4 is 40.0 Å². The lowest BCUT2D eigenvalue weighted by Crippen LogP contribution is -2.23. The molecular weight excluding hydrogens is 455 g/mol. The van der Waals surface area contributed by atoms with E-state index < -0.39 is 12.1 Å². The molecule has 0 aliphatic heterocycles. The van der Waals surface area contributed by atoms with Crippen LogP contribution in [0.5, 0.6) is 5.75 Å². The Morgan fingerprint density at radius 2 is 1.97 bits per heavy atom. The van der Waals surface area contributed by atoms with Crippen molar-refractivity contribution < 1.29 is 31.9 Å². The van der Waals surface area contributed by atoms with Gasteiger partial charge in [0.05, 0.1) is 17.6 Å². The van der Waals surface area contributed by atoms with Crippen LogP contribution in [-0.2, 0) is 11.3 Å². The smallest absolute Gasteiger partial charge is 0.423 e. The van der Waals surface area contributed by atoms with Crippen LogP contribution in [0, 0.1) is 0 Å². The zero-order valence-corrected chi connectivity index (χ0v) is 18.4. The third kappa shape index (κ3) is 5.22. The number of carbonyl (C=O) groups excluding carboxylic acids is 1. The van der Waals surface area contributed by atoms with Crippen molar-refractivity contribution in [2.24, 2.45) is 0 Å². The molecule has 2 aromatic carbocycles. The standard InChI is InChI=1S/C22H22F3N5O4/c1-3-8-26-19(31)13-4-7-17-16(11-13)27-20(30(17)9-10-32-2)29-21-28-15-6-5-14(12-18(15)33-21)34-22(23,24)25/h4-7,11-12H,3,8-10H2,1-2H3,(H,26,31)(H,27,28,29). The van der Waals surface area contributed by atoms with Crippen molar-refractivity contribution in [1.82, 2.24) is 19.9 Å². The molecule has 0 aliphatic carbocycles. The number of rotatable bonds is 9. The molecule has 0 fully saturated rings. The maximum atomic E-state index is 12.5. The van der Waals surface area contributed by atoms with Crippen molar-refractivity contribution in [2.45, 2.75) is 26.3 Å². The molecule has 34 heavy (non-hydrogen) atoms. The Morgan fingerprint density at radius 3 is 2.71 bits per heavy atom. The Hall–Kier alpha value is -3.80. The summed E-state index contributed by atoms with van der Waals surface area (Å²) < 4.78 is 54.0. The van der Waals surface area contributed by atoms with Crippen LogP contribution in [0.2, 0.25) is 0 Å². The number of halogens is 3. The van der Waals surface area contributed by atoms with Gasteiger partial charge in [-0.1, -0.05) is 6.92 Å². The molecule has 0 atom stereocenters. The first-order chi connectivity index (χ1) is 16.3. The fraction of sp³-hybridized carbons (Fsp3) is 0.318. The van der Waals surface area contributed by atoms with Crippen molar-refractivity contribution in [2.75, 3.05) is 25.6 Å². The summed E-state index contributed by atoms with van der Waals surface area (Å²) in [6.45, 7) is 3.37. The van der Waals surface area contributed by atoms with Gasteiger partial charge in [-0.2, -0.15) is 4.98 Å². The molecule has 1 amide bonds. The Morgan fingerprint density at radius 1 is 1.15 bits per heavy atom. The lowest BCUT2D eigenvalue weighted by molar-refractivity contribution is -0.274.